The Bertz CT molecular complexity index is 302. The number of nitrogens with zero attached hydrogens (tertiary/aromatic N) is 3. The summed E-state index contributed by atoms with van der Waals surface area (Å²) < 4.78 is 4.86. The van der Waals surface area contributed by atoms with Crippen LogP contribution in [-0.4, -0.2) is 17.4 Å². The smallest absolute Gasteiger partial charge is 0.296 e. The second kappa shape index (κ2) is 3.48. The van der Waals surface area contributed by atoms with E-state index in [1.807, 2.05) is 0 Å². The van der Waals surface area contributed by atoms with Crippen molar-refractivity contribution in [1.82, 2.24) is 5.27 Å². The van der Waals surface area contributed by atoms with Gasteiger partial charge in [0.05, 0.1) is 16.9 Å². The van der Waals surface area contributed by atoms with E-state index in [9.17, 15) is 0 Å². The molecule has 0 amide bonds. The van der Waals surface area contributed by atoms with Crippen molar-refractivity contribution in [2.45, 2.75) is 45.2 Å². The molecule has 1 aliphatic rings. The second-order valence-corrected chi connectivity index (χ2v) is 4.03. The molecule has 1 aromatic rings. The molecule has 1 saturated heterocycles. The highest BCUT2D eigenvalue weighted by atomic mass is 16.5. The van der Waals surface area contributed by atoms with Crippen molar-refractivity contribution in [2.75, 3.05) is 10.7 Å². The molecule has 0 spiro atoms. The molecule has 2 atom stereocenters. The molecule has 2 N–H and O–H groups in total. The van der Waals surface area contributed by atoms with Gasteiger partial charge >= 0.3 is 0 Å². The van der Waals surface area contributed by atoms with Gasteiger partial charge in [0, 0.05) is 0 Å². The van der Waals surface area contributed by atoms with Gasteiger partial charge in [0.15, 0.2) is 0 Å². The first-order valence-corrected chi connectivity index (χ1v) is 5.11. The minimum absolute atomic E-state index is 0.356. The van der Waals surface area contributed by atoms with Gasteiger partial charge in [-0.15, -0.1) is 5.01 Å². The number of anilines is 1. The summed E-state index contributed by atoms with van der Waals surface area (Å²) in [5.41, 5.74) is 5.50. The van der Waals surface area contributed by atoms with Gasteiger partial charge in [-0.2, -0.15) is 0 Å². The lowest BCUT2D eigenvalue weighted by Gasteiger charge is -2.31. The van der Waals surface area contributed by atoms with Crippen LogP contribution in [0.4, 0.5) is 5.88 Å². The highest BCUT2D eigenvalue weighted by Crippen LogP contribution is 2.18. The molecule has 0 saturated carbocycles. The molecule has 2 rings (SSSR count). The minimum atomic E-state index is 0.356. The van der Waals surface area contributed by atoms with Crippen molar-refractivity contribution in [3.63, 3.8) is 0 Å². The fourth-order valence-corrected chi connectivity index (χ4v) is 2.17. The van der Waals surface area contributed by atoms with Crippen LogP contribution in [0, 0.1) is 0 Å². The maximum atomic E-state index is 5.50. The van der Waals surface area contributed by atoms with Gasteiger partial charge in [0.25, 0.3) is 12.1 Å². The van der Waals surface area contributed by atoms with Crippen LogP contribution in [0.25, 0.3) is 0 Å². The zero-order chi connectivity index (χ0) is 10.1. The first-order valence-electron chi connectivity index (χ1n) is 5.11. The Kier molecular flexibility index (Phi) is 2.31. The Morgan fingerprint density at radius 1 is 1.50 bits per heavy atom. The third-order valence-electron chi connectivity index (χ3n) is 2.86. The van der Waals surface area contributed by atoms with Crippen molar-refractivity contribution in [3.8, 4) is 0 Å². The highest BCUT2D eigenvalue weighted by molar-refractivity contribution is 5.11. The molecule has 0 radical (unpaired) electrons. The standard InChI is InChI=1S/C9H17N4O/c1-7-4-3-5-8(2)13(7)12-6-9(10)14-11-12/h6-8H,3-5,10H2,1-2H3/q+1. The fraction of sp³-hybridized carbons (Fsp3) is 0.778. The molecule has 78 valence electrons. The van der Waals surface area contributed by atoms with E-state index in [4.69, 9.17) is 10.3 Å². The van der Waals surface area contributed by atoms with E-state index in [0.29, 0.717) is 18.0 Å². The molecule has 1 aromatic heterocycles. The maximum absolute atomic E-state index is 5.50. The quantitative estimate of drug-likeness (QED) is 0.664. The van der Waals surface area contributed by atoms with Crippen LogP contribution in [0.1, 0.15) is 33.1 Å². The Labute approximate surface area is 83.4 Å². The van der Waals surface area contributed by atoms with Crippen LogP contribution in [0.2, 0.25) is 0 Å². The number of aromatic nitrogens is 2. The van der Waals surface area contributed by atoms with Gasteiger partial charge in [-0.1, -0.05) is 0 Å². The maximum Gasteiger partial charge on any atom is 0.296 e. The summed E-state index contributed by atoms with van der Waals surface area (Å²) in [6.45, 7) is 4.40. The average Bonchev–Trinajstić information content (AvgIpc) is 2.51. The van der Waals surface area contributed by atoms with Crippen LogP contribution in [0.15, 0.2) is 10.7 Å². The number of hydrogen-bond donors (Lipinski definition) is 1. The lowest BCUT2D eigenvalue weighted by molar-refractivity contribution is -0.765. The lowest BCUT2D eigenvalue weighted by atomic mass is 10.00. The third kappa shape index (κ3) is 1.54. The molecule has 1 aliphatic heterocycles. The van der Waals surface area contributed by atoms with Gasteiger partial charge in [0.1, 0.15) is 0 Å². The second-order valence-electron chi connectivity index (χ2n) is 4.03. The molecule has 5 nitrogen and oxygen atoms in total. The Morgan fingerprint density at radius 2 is 2.14 bits per heavy atom. The van der Waals surface area contributed by atoms with Gasteiger partial charge in [-0.25, -0.2) is 0 Å². The van der Waals surface area contributed by atoms with E-state index in [0.717, 1.165) is 0 Å². The zero-order valence-electron chi connectivity index (χ0n) is 8.68. The molecule has 1 fully saturated rings. The van der Waals surface area contributed by atoms with E-state index in [2.05, 4.69) is 24.1 Å². The predicted octanol–water partition coefficient (Wildman–Crippen LogP) is 0.443. The lowest BCUT2D eigenvalue weighted by Crippen LogP contribution is -2.67. The van der Waals surface area contributed by atoms with Crippen LogP contribution < -0.4 is 15.5 Å². The van der Waals surface area contributed by atoms with Crippen molar-refractivity contribution < 1.29 is 9.31 Å². The Hall–Kier alpha value is -1.26. The van der Waals surface area contributed by atoms with Crippen molar-refractivity contribution in [3.05, 3.63) is 6.20 Å². The summed E-state index contributed by atoms with van der Waals surface area (Å²) in [7, 11) is 0. The van der Waals surface area contributed by atoms with Crippen LogP contribution in [0.3, 0.4) is 0 Å². The number of nitrogen functional groups attached to an aromatic ring is 1. The topological polar surface area (TPSA) is 59.2 Å². The van der Waals surface area contributed by atoms with Crippen molar-refractivity contribution >= 4 is 5.88 Å². The summed E-state index contributed by atoms with van der Waals surface area (Å²) in [5.74, 6) is 0.356. The van der Waals surface area contributed by atoms with E-state index < -0.39 is 0 Å². The molecule has 0 aromatic carbocycles. The first-order chi connectivity index (χ1) is 6.68. The van der Waals surface area contributed by atoms with Crippen molar-refractivity contribution in [1.29, 1.82) is 0 Å². The zero-order valence-corrected chi connectivity index (χ0v) is 8.68. The average molecular weight is 197 g/mol. The molecule has 0 bridgehead atoms. The fourth-order valence-electron chi connectivity index (χ4n) is 2.17. The third-order valence-corrected chi connectivity index (χ3v) is 2.86. The largest absolute Gasteiger partial charge is 0.362 e. The van der Waals surface area contributed by atoms with Crippen LogP contribution in [-0.2, 0) is 0 Å². The molecule has 0 aliphatic carbocycles. The monoisotopic (exact) mass is 197 g/mol. The normalized spacial score (nSPS) is 28.0. The van der Waals surface area contributed by atoms with Crippen LogP contribution >= 0.6 is 0 Å². The summed E-state index contributed by atoms with van der Waals surface area (Å²) in [6, 6.07) is 0.987. The summed E-state index contributed by atoms with van der Waals surface area (Å²) in [4.78, 5) is 1.73. The molecule has 2 heterocycles. The highest BCUT2D eigenvalue weighted by Gasteiger charge is 2.33. The molecular formula is C9H17N4O+. The molecule has 2 unspecified atom stereocenters. The van der Waals surface area contributed by atoms with E-state index in [-0.39, 0.29) is 0 Å². The van der Waals surface area contributed by atoms with E-state index in [1.54, 1.807) is 11.0 Å². The Morgan fingerprint density at radius 3 is 2.64 bits per heavy atom. The van der Waals surface area contributed by atoms with Gasteiger partial charge < -0.3 is 5.73 Å². The predicted molar refractivity (Wildman–Crippen MR) is 52.1 cm³/mol. The van der Waals surface area contributed by atoms with E-state index >= 15 is 0 Å². The molecular weight excluding hydrogens is 180 g/mol. The van der Waals surface area contributed by atoms with Gasteiger partial charge in [-0.3, -0.25) is 4.52 Å². The SMILES string of the molecule is CC1CCCC(C)N1[n+]1cc(N)on1. The van der Waals surface area contributed by atoms with Gasteiger partial charge in [0.2, 0.25) is 5.27 Å². The minimum Gasteiger partial charge on any atom is -0.362 e. The summed E-state index contributed by atoms with van der Waals surface area (Å²) in [5, 5.41) is 6.09. The molecule has 5 heteroatoms. The number of nitrogens with two attached hydrogens (primary N) is 1. The Balaban J connectivity index is 2.22. The van der Waals surface area contributed by atoms with Crippen molar-refractivity contribution in [2.24, 2.45) is 0 Å². The number of hydrogen-bond acceptors (Lipinski definition) is 4. The first kappa shape index (κ1) is 9.30. The van der Waals surface area contributed by atoms with E-state index in [1.165, 1.54) is 19.3 Å². The number of rotatable bonds is 1. The molecule has 14 heavy (non-hydrogen) atoms. The summed E-state index contributed by atoms with van der Waals surface area (Å²) >= 11 is 0. The van der Waals surface area contributed by atoms with Crippen LogP contribution in [0.5, 0.6) is 0 Å². The summed E-state index contributed by atoms with van der Waals surface area (Å²) in [6.07, 6.45) is 5.40. The number of piperidine rings is 1. The van der Waals surface area contributed by atoms with Gasteiger partial charge in [-0.05, 0) is 33.1 Å².